The summed E-state index contributed by atoms with van der Waals surface area (Å²) in [6.07, 6.45) is 1.12. The number of anilines is 1. The third-order valence-electron chi connectivity index (χ3n) is 3.31. The zero-order valence-electron chi connectivity index (χ0n) is 12.5. The van der Waals surface area contributed by atoms with Gasteiger partial charge in [-0.1, -0.05) is 44.2 Å². The number of amides is 1. The lowest BCUT2D eigenvalue weighted by atomic mass is 10.1. The number of nitrogens with one attached hydrogen (secondary N) is 1. The molecule has 110 valence electrons. The van der Waals surface area contributed by atoms with Gasteiger partial charge in [-0.3, -0.25) is 4.79 Å². The van der Waals surface area contributed by atoms with Gasteiger partial charge in [0.2, 0.25) is 0 Å². The highest BCUT2D eigenvalue weighted by Crippen LogP contribution is 2.15. The largest absolute Gasteiger partial charge is 0.481 e. The van der Waals surface area contributed by atoms with E-state index in [0.717, 1.165) is 12.1 Å². The molecule has 0 aliphatic rings. The first-order chi connectivity index (χ1) is 10.2. The van der Waals surface area contributed by atoms with Gasteiger partial charge in [0.1, 0.15) is 5.75 Å². The Morgan fingerprint density at radius 1 is 1.05 bits per heavy atom. The Kier molecular flexibility index (Phi) is 5.38. The Bertz CT molecular complexity index is 564. The molecule has 3 nitrogen and oxygen atoms in total. The maximum Gasteiger partial charge on any atom is 0.265 e. The lowest BCUT2D eigenvalue weighted by Gasteiger charge is -2.17. The topological polar surface area (TPSA) is 38.3 Å². The number of hydrogen-bond donors (Lipinski definition) is 1. The molecule has 0 aliphatic carbocycles. The number of ether oxygens (including phenoxy) is 1. The van der Waals surface area contributed by atoms with Gasteiger partial charge in [-0.25, -0.2) is 0 Å². The minimum absolute atomic E-state index is 0.120. The average Bonchev–Trinajstić information content (AvgIpc) is 2.54. The van der Waals surface area contributed by atoms with E-state index in [1.165, 1.54) is 5.56 Å². The molecule has 0 bridgehead atoms. The molecule has 0 saturated heterocycles. The fourth-order valence-corrected chi connectivity index (χ4v) is 2.03. The van der Waals surface area contributed by atoms with E-state index in [1.54, 1.807) is 0 Å². The quantitative estimate of drug-likeness (QED) is 0.868. The van der Waals surface area contributed by atoms with E-state index in [-0.39, 0.29) is 5.91 Å². The van der Waals surface area contributed by atoms with E-state index in [9.17, 15) is 4.79 Å². The van der Waals surface area contributed by atoms with Crippen molar-refractivity contribution in [1.82, 2.24) is 0 Å². The van der Waals surface area contributed by atoms with Crippen LogP contribution >= 0.6 is 0 Å². The molecular formula is C18H21NO2. The highest BCUT2D eigenvalue weighted by Gasteiger charge is 2.18. The summed E-state index contributed by atoms with van der Waals surface area (Å²) in [6.45, 7) is 4.04. The molecular weight excluding hydrogens is 262 g/mol. The van der Waals surface area contributed by atoms with Crippen LogP contribution in [0.1, 0.15) is 25.8 Å². The number of aryl methyl sites for hydroxylation is 1. The molecule has 2 rings (SSSR count). The minimum atomic E-state index is -0.488. The number of benzene rings is 2. The average molecular weight is 283 g/mol. The van der Waals surface area contributed by atoms with Gasteiger partial charge in [0, 0.05) is 5.69 Å². The second kappa shape index (κ2) is 7.48. The van der Waals surface area contributed by atoms with E-state index in [2.05, 4.69) is 12.2 Å². The van der Waals surface area contributed by atoms with E-state index < -0.39 is 6.10 Å². The molecule has 0 fully saturated rings. The van der Waals surface area contributed by atoms with Crippen LogP contribution < -0.4 is 10.1 Å². The van der Waals surface area contributed by atoms with Crippen LogP contribution in [0.4, 0.5) is 5.69 Å². The van der Waals surface area contributed by atoms with Crippen molar-refractivity contribution in [2.45, 2.75) is 32.8 Å². The van der Waals surface area contributed by atoms with E-state index >= 15 is 0 Å². The summed E-state index contributed by atoms with van der Waals surface area (Å²) in [5, 5.41) is 2.90. The van der Waals surface area contributed by atoms with Crippen LogP contribution in [0.3, 0.4) is 0 Å². The molecule has 0 radical (unpaired) electrons. The molecule has 0 aromatic heterocycles. The molecule has 0 heterocycles. The number of rotatable bonds is 6. The highest BCUT2D eigenvalue weighted by atomic mass is 16.5. The molecule has 0 unspecified atom stereocenters. The zero-order valence-corrected chi connectivity index (χ0v) is 12.5. The van der Waals surface area contributed by atoms with Gasteiger partial charge in [0.15, 0.2) is 6.10 Å². The van der Waals surface area contributed by atoms with Crippen molar-refractivity contribution in [2.24, 2.45) is 0 Å². The summed E-state index contributed by atoms with van der Waals surface area (Å²) in [7, 11) is 0. The van der Waals surface area contributed by atoms with Crippen molar-refractivity contribution < 1.29 is 9.53 Å². The Morgan fingerprint density at radius 2 is 1.71 bits per heavy atom. The molecule has 1 atom stereocenters. The first-order valence-corrected chi connectivity index (χ1v) is 7.34. The number of para-hydroxylation sites is 1. The second-order valence-electron chi connectivity index (χ2n) is 4.87. The Morgan fingerprint density at radius 3 is 2.29 bits per heavy atom. The van der Waals surface area contributed by atoms with Gasteiger partial charge in [0.25, 0.3) is 5.91 Å². The van der Waals surface area contributed by atoms with Gasteiger partial charge < -0.3 is 10.1 Å². The lowest BCUT2D eigenvalue weighted by Crippen LogP contribution is -2.32. The molecule has 1 amide bonds. The monoisotopic (exact) mass is 283 g/mol. The fraction of sp³-hybridized carbons (Fsp3) is 0.278. The Balaban J connectivity index is 1.99. The summed E-state index contributed by atoms with van der Waals surface area (Å²) >= 11 is 0. The highest BCUT2D eigenvalue weighted by molar-refractivity contribution is 5.94. The predicted molar refractivity (Wildman–Crippen MR) is 85.6 cm³/mol. The minimum Gasteiger partial charge on any atom is -0.481 e. The maximum atomic E-state index is 12.3. The molecule has 2 aromatic rings. The summed E-state index contributed by atoms with van der Waals surface area (Å²) in [6, 6.07) is 17.3. The van der Waals surface area contributed by atoms with E-state index in [4.69, 9.17) is 4.74 Å². The van der Waals surface area contributed by atoms with Crippen molar-refractivity contribution in [2.75, 3.05) is 5.32 Å². The third kappa shape index (κ3) is 4.35. The molecule has 0 spiro atoms. The first kappa shape index (κ1) is 15.1. The SMILES string of the molecule is CCc1ccc(NC(=O)[C@H](CC)Oc2ccccc2)cc1. The maximum absolute atomic E-state index is 12.3. The van der Waals surface area contributed by atoms with Crippen LogP contribution in [0.2, 0.25) is 0 Å². The molecule has 2 aromatic carbocycles. The fourth-order valence-electron chi connectivity index (χ4n) is 2.03. The van der Waals surface area contributed by atoms with Crippen molar-refractivity contribution in [3.8, 4) is 5.75 Å². The molecule has 3 heteroatoms. The standard InChI is InChI=1S/C18H21NO2/c1-3-14-10-12-15(13-11-14)19-18(20)17(4-2)21-16-8-6-5-7-9-16/h5-13,17H,3-4H2,1-2H3,(H,19,20)/t17-/m0/s1. The summed E-state index contributed by atoms with van der Waals surface area (Å²) in [4.78, 5) is 12.3. The molecule has 0 saturated carbocycles. The molecule has 1 N–H and O–H groups in total. The van der Waals surface area contributed by atoms with Crippen molar-refractivity contribution >= 4 is 11.6 Å². The zero-order chi connectivity index (χ0) is 15.1. The van der Waals surface area contributed by atoms with Crippen molar-refractivity contribution in [3.63, 3.8) is 0 Å². The molecule has 0 aliphatic heterocycles. The summed E-state index contributed by atoms with van der Waals surface area (Å²) in [5.41, 5.74) is 2.05. The summed E-state index contributed by atoms with van der Waals surface area (Å²) in [5.74, 6) is 0.589. The van der Waals surface area contributed by atoms with Gasteiger partial charge in [-0.2, -0.15) is 0 Å². The van der Waals surface area contributed by atoms with Gasteiger partial charge in [-0.05, 0) is 42.7 Å². The van der Waals surface area contributed by atoms with Crippen LogP contribution in [0.5, 0.6) is 5.75 Å². The van der Waals surface area contributed by atoms with Crippen LogP contribution in [0.25, 0.3) is 0 Å². The van der Waals surface area contributed by atoms with E-state index in [1.807, 2.05) is 61.5 Å². The normalized spacial score (nSPS) is 11.7. The van der Waals surface area contributed by atoms with Crippen LogP contribution in [-0.4, -0.2) is 12.0 Å². The number of carbonyl (C=O) groups excluding carboxylic acids is 1. The third-order valence-corrected chi connectivity index (χ3v) is 3.31. The summed E-state index contributed by atoms with van der Waals surface area (Å²) < 4.78 is 5.73. The van der Waals surface area contributed by atoms with Gasteiger partial charge in [0.05, 0.1) is 0 Å². The van der Waals surface area contributed by atoms with Gasteiger partial charge in [-0.15, -0.1) is 0 Å². The van der Waals surface area contributed by atoms with Crippen LogP contribution in [0.15, 0.2) is 54.6 Å². The van der Waals surface area contributed by atoms with Gasteiger partial charge >= 0.3 is 0 Å². The number of hydrogen-bond acceptors (Lipinski definition) is 2. The second-order valence-corrected chi connectivity index (χ2v) is 4.87. The smallest absolute Gasteiger partial charge is 0.265 e. The lowest BCUT2D eigenvalue weighted by molar-refractivity contribution is -0.122. The van der Waals surface area contributed by atoms with Crippen LogP contribution in [-0.2, 0) is 11.2 Å². The Hall–Kier alpha value is -2.29. The van der Waals surface area contributed by atoms with E-state index in [0.29, 0.717) is 12.2 Å². The predicted octanol–water partition coefficient (Wildman–Crippen LogP) is 4.05. The molecule has 21 heavy (non-hydrogen) atoms. The first-order valence-electron chi connectivity index (χ1n) is 7.34. The van der Waals surface area contributed by atoms with Crippen LogP contribution in [0, 0.1) is 0 Å². The van der Waals surface area contributed by atoms with Crippen molar-refractivity contribution in [1.29, 1.82) is 0 Å². The Labute approximate surface area is 126 Å². The number of carbonyl (C=O) groups is 1. The van der Waals surface area contributed by atoms with Crippen molar-refractivity contribution in [3.05, 3.63) is 60.2 Å².